The lowest BCUT2D eigenvalue weighted by atomic mass is 9.91. The van der Waals surface area contributed by atoms with Gasteiger partial charge in [-0.25, -0.2) is 0 Å². The van der Waals surface area contributed by atoms with E-state index in [1.807, 2.05) is 0 Å². The van der Waals surface area contributed by atoms with Gasteiger partial charge in [-0.15, -0.1) is 0 Å². The number of phenolic OH excluding ortho intramolecular Hbond substituents is 1. The molecule has 1 atom stereocenters. The molecule has 0 aromatic heterocycles. The zero-order valence-electron chi connectivity index (χ0n) is 14.3. The summed E-state index contributed by atoms with van der Waals surface area (Å²) < 4.78 is 5.32. The van der Waals surface area contributed by atoms with Gasteiger partial charge in [-0.2, -0.15) is 0 Å². The van der Waals surface area contributed by atoms with E-state index in [1.54, 1.807) is 28.0 Å². The summed E-state index contributed by atoms with van der Waals surface area (Å²) in [7, 11) is 0. The Bertz CT molecular complexity index is 623. The van der Waals surface area contributed by atoms with Crippen molar-refractivity contribution in [2.45, 2.75) is 18.9 Å². The molecule has 1 aromatic rings. The molecule has 3 N–H and O–H groups in total. The molecule has 2 aliphatic heterocycles. The van der Waals surface area contributed by atoms with Crippen LogP contribution in [0.1, 0.15) is 23.2 Å². The number of phenols is 1. The molecule has 7 nitrogen and oxygen atoms in total. The summed E-state index contributed by atoms with van der Waals surface area (Å²) in [5.41, 5.74) is 6.46. The zero-order chi connectivity index (χ0) is 17.8. The molecule has 2 fully saturated rings. The third-order valence-electron chi connectivity index (χ3n) is 5.07. The predicted octanol–water partition coefficient (Wildman–Crippen LogP) is 0.431. The summed E-state index contributed by atoms with van der Waals surface area (Å²) in [6.07, 6.45) is 1.64. The van der Waals surface area contributed by atoms with Crippen LogP contribution in [0.3, 0.4) is 0 Å². The highest BCUT2D eigenvalue weighted by molar-refractivity contribution is 5.97. The van der Waals surface area contributed by atoms with E-state index in [0.717, 1.165) is 12.8 Å². The van der Waals surface area contributed by atoms with Crippen molar-refractivity contribution in [3.05, 3.63) is 29.8 Å². The lowest BCUT2D eigenvalue weighted by Gasteiger charge is -2.37. The van der Waals surface area contributed by atoms with E-state index in [2.05, 4.69) is 0 Å². The minimum Gasteiger partial charge on any atom is -0.507 e. The Kier molecular flexibility index (Phi) is 5.55. The molecule has 2 heterocycles. The lowest BCUT2D eigenvalue weighted by Crippen LogP contribution is -2.56. The molecule has 1 unspecified atom stereocenters. The molecular formula is C18H25N3O4. The summed E-state index contributed by atoms with van der Waals surface area (Å²) >= 11 is 0. The number of carbonyl (C=O) groups excluding carboxylic acids is 2. The van der Waals surface area contributed by atoms with Gasteiger partial charge in [-0.05, 0) is 30.9 Å². The molecule has 2 saturated heterocycles. The van der Waals surface area contributed by atoms with Gasteiger partial charge in [0, 0.05) is 39.4 Å². The molecule has 136 valence electrons. The largest absolute Gasteiger partial charge is 0.507 e. The molecule has 2 amide bonds. The number of hydrogen-bond donors (Lipinski definition) is 2. The van der Waals surface area contributed by atoms with Crippen LogP contribution in [0, 0.1) is 5.92 Å². The van der Waals surface area contributed by atoms with Crippen LogP contribution in [0.5, 0.6) is 5.75 Å². The van der Waals surface area contributed by atoms with Crippen LogP contribution >= 0.6 is 0 Å². The van der Waals surface area contributed by atoms with Gasteiger partial charge >= 0.3 is 0 Å². The molecule has 0 aliphatic carbocycles. The second kappa shape index (κ2) is 7.84. The number of benzene rings is 1. The second-order valence-corrected chi connectivity index (χ2v) is 6.61. The maximum absolute atomic E-state index is 12.6. The molecule has 0 spiro atoms. The molecule has 2 aliphatic rings. The lowest BCUT2D eigenvalue weighted by molar-refractivity contribution is -0.136. The minimum atomic E-state index is -0.496. The quantitative estimate of drug-likeness (QED) is 0.827. The first-order valence-corrected chi connectivity index (χ1v) is 8.77. The van der Waals surface area contributed by atoms with Gasteiger partial charge in [0.2, 0.25) is 5.91 Å². The van der Waals surface area contributed by atoms with Crippen LogP contribution in [0.4, 0.5) is 0 Å². The van der Waals surface area contributed by atoms with Gasteiger partial charge in [0.1, 0.15) is 5.75 Å². The first-order chi connectivity index (χ1) is 12.1. The summed E-state index contributed by atoms with van der Waals surface area (Å²) in [5, 5.41) is 9.83. The Morgan fingerprint density at radius 3 is 2.32 bits per heavy atom. The highest BCUT2D eigenvalue weighted by atomic mass is 16.5. The van der Waals surface area contributed by atoms with Crippen LogP contribution in [0.25, 0.3) is 0 Å². The third kappa shape index (κ3) is 3.93. The number of amides is 2. The van der Waals surface area contributed by atoms with Crippen LogP contribution in [0.15, 0.2) is 24.3 Å². The van der Waals surface area contributed by atoms with Gasteiger partial charge in [0.25, 0.3) is 5.91 Å². The Balaban J connectivity index is 1.55. The number of hydrogen-bond acceptors (Lipinski definition) is 5. The Hall–Kier alpha value is -2.12. The average molecular weight is 347 g/mol. The Labute approximate surface area is 147 Å². The number of carbonyl (C=O) groups is 2. The normalized spacial score (nSPS) is 20.4. The smallest absolute Gasteiger partial charge is 0.257 e. The van der Waals surface area contributed by atoms with Gasteiger partial charge in [-0.3, -0.25) is 9.59 Å². The van der Waals surface area contributed by atoms with E-state index in [9.17, 15) is 14.7 Å². The summed E-state index contributed by atoms with van der Waals surface area (Å²) in [6, 6.07) is 6.01. The zero-order valence-corrected chi connectivity index (χ0v) is 14.3. The van der Waals surface area contributed by atoms with Gasteiger partial charge < -0.3 is 25.4 Å². The average Bonchev–Trinajstić information content (AvgIpc) is 2.67. The molecule has 3 rings (SSSR count). The SMILES string of the molecule is NC(C(=O)N1CCN(C(=O)c2ccccc2O)CC1)C1CCOCC1. The van der Waals surface area contributed by atoms with E-state index >= 15 is 0 Å². The number of ether oxygens (including phenoxy) is 1. The summed E-state index contributed by atoms with van der Waals surface area (Å²) in [5.74, 6) is -0.102. The highest BCUT2D eigenvalue weighted by Gasteiger charge is 2.32. The van der Waals surface area contributed by atoms with Crippen molar-refractivity contribution < 1.29 is 19.4 Å². The summed E-state index contributed by atoms with van der Waals surface area (Å²) in [4.78, 5) is 28.5. The maximum atomic E-state index is 12.6. The minimum absolute atomic E-state index is 0.0208. The van der Waals surface area contributed by atoms with Crippen molar-refractivity contribution in [3.8, 4) is 5.75 Å². The van der Waals surface area contributed by atoms with Crippen molar-refractivity contribution in [1.29, 1.82) is 0 Å². The van der Waals surface area contributed by atoms with Crippen molar-refractivity contribution in [2.75, 3.05) is 39.4 Å². The fourth-order valence-corrected chi connectivity index (χ4v) is 3.44. The Morgan fingerprint density at radius 1 is 1.08 bits per heavy atom. The molecule has 7 heteroatoms. The number of nitrogens with two attached hydrogens (primary N) is 1. The van der Waals surface area contributed by atoms with Crippen molar-refractivity contribution in [1.82, 2.24) is 9.80 Å². The van der Waals surface area contributed by atoms with Gasteiger partial charge in [0.15, 0.2) is 0 Å². The fraction of sp³-hybridized carbons (Fsp3) is 0.556. The van der Waals surface area contributed by atoms with Crippen LogP contribution in [-0.2, 0) is 9.53 Å². The van der Waals surface area contributed by atoms with Crippen molar-refractivity contribution >= 4 is 11.8 Å². The first kappa shape index (κ1) is 17.7. The maximum Gasteiger partial charge on any atom is 0.257 e. The predicted molar refractivity (Wildman–Crippen MR) is 92.1 cm³/mol. The standard InChI is InChI=1S/C18H25N3O4/c19-16(13-5-11-25-12-6-13)18(24)21-9-7-20(8-10-21)17(23)14-3-1-2-4-15(14)22/h1-4,13,16,22H,5-12,19H2. The topological polar surface area (TPSA) is 96.1 Å². The van der Waals surface area contributed by atoms with E-state index in [4.69, 9.17) is 10.5 Å². The molecular weight excluding hydrogens is 322 g/mol. The highest BCUT2D eigenvalue weighted by Crippen LogP contribution is 2.21. The fourth-order valence-electron chi connectivity index (χ4n) is 3.44. The number of piperazine rings is 1. The van der Waals surface area contributed by atoms with E-state index in [1.165, 1.54) is 6.07 Å². The van der Waals surface area contributed by atoms with E-state index in [-0.39, 0.29) is 23.5 Å². The van der Waals surface area contributed by atoms with Crippen molar-refractivity contribution in [3.63, 3.8) is 0 Å². The van der Waals surface area contributed by atoms with Crippen LogP contribution < -0.4 is 5.73 Å². The van der Waals surface area contributed by atoms with Crippen LogP contribution in [0.2, 0.25) is 0 Å². The van der Waals surface area contributed by atoms with E-state index < -0.39 is 6.04 Å². The number of para-hydroxylation sites is 1. The molecule has 25 heavy (non-hydrogen) atoms. The Morgan fingerprint density at radius 2 is 1.68 bits per heavy atom. The van der Waals surface area contributed by atoms with Crippen molar-refractivity contribution in [2.24, 2.45) is 11.7 Å². The van der Waals surface area contributed by atoms with E-state index in [0.29, 0.717) is 45.0 Å². The summed E-state index contributed by atoms with van der Waals surface area (Å²) in [6.45, 7) is 3.14. The molecule has 1 aromatic carbocycles. The third-order valence-corrected chi connectivity index (χ3v) is 5.07. The van der Waals surface area contributed by atoms with Crippen LogP contribution in [-0.4, -0.2) is 72.2 Å². The molecule has 0 saturated carbocycles. The van der Waals surface area contributed by atoms with Gasteiger partial charge in [-0.1, -0.05) is 12.1 Å². The molecule has 0 radical (unpaired) electrons. The number of rotatable bonds is 3. The number of aromatic hydroxyl groups is 1. The second-order valence-electron chi connectivity index (χ2n) is 6.61. The monoisotopic (exact) mass is 347 g/mol. The van der Waals surface area contributed by atoms with Gasteiger partial charge in [0.05, 0.1) is 11.6 Å². The first-order valence-electron chi connectivity index (χ1n) is 8.77. The number of nitrogens with zero attached hydrogens (tertiary/aromatic N) is 2. The molecule has 0 bridgehead atoms.